The molecular weight excluding hydrogens is 216 g/mol. The number of carboxylic acids is 1. The molecule has 0 heterocycles. The molecule has 0 bridgehead atoms. The monoisotopic (exact) mass is 234 g/mol. The number of hydrogen-bond donors (Lipinski definition) is 1. The molecule has 0 amide bonds. The van der Waals surface area contributed by atoms with Gasteiger partial charge in [-0.15, -0.1) is 0 Å². The zero-order chi connectivity index (χ0) is 12.3. The lowest BCUT2D eigenvalue weighted by molar-refractivity contribution is -0.138. The number of methoxy groups -OCH3 is 1. The van der Waals surface area contributed by atoms with Gasteiger partial charge in [-0.05, 0) is 30.5 Å². The Morgan fingerprint density at radius 2 is 1.88 bits per heavy atom. The van der Waals surface area contributed by atoms with Crippen molar-refractivity contribution in [2.75, 3.05) is 7.11 Å². The molecule has 0 spiro atoms. The standard InChI is InChI=1S/C14H18O3/c1-17-12-6-4-11(5-7-12)14(10-13(15)16)8-2-3-9-14/h4-7H,2-3,8-10H2,1H3,(H,15,16). The summed E-state index contributed by atoms with van der Waals surface area (Å²) in [7, 11) is 1.64. The van der Waals surface area contributed by atoms with Gasteiger partial charge in [0.05, 0.1) is 13.5 Å². The summed E-state index contributed by atoms with van der Waals surface area (Å²) >= 11 is 0. The number of aliphatic carboxylic acids is 1. The predicted octanol–water partition coefficient (Wildman–Crippen LogP) is 2.98. The quantitative estimate of drug-likeness (QED) is 0.871. The average Bonchev–Trinajstić information content (AvgIpc) is 2.78. The summed E-state index contributed by atoms with van der Waals surface area (Å²) in [4.78, 5) is 11.0. The lowest BCUT2D eigenvalue weighted by Crippen LogP contribution is -2.25. The van der Waals surface area contributed by atoms with Gasteiger partial charge in [0.25, 0.3) is 0 Å². The number of carbonyl (C=O) groups is 1. The summed E-state index contributed by atoms with van der Waals surface area (Å²) < 4.78 is 5.13. The molecule has 1 aliphatic carbocycles. The highest BCUT2D eigenvalue weighted by molar-refractivity contribution is 5.69. The van der Waals surface area contributed by atoms with E-state index in [9.17, 15) is 4.79 Å². The largest absolute Gasteiger partial charge is 0.497 e. The Morgan fingerprint density at radius 3 is 2.35 bits per heavy atom. The molecule has 0 radical (unpaired) electrons. The maximum absolute atomic E-state index is 11.0. The van der Waals surface area contributed by atoms with E-state index >= 15 is 0 Å². The highest BCUT2D eigenvalue weighted by Crippen LogP contribution is 2.44. The van der Waals surface area contributed by atoms with Gasteiger partial charge in [-0.3, -0.25) is 4.79 Å². The van der Waals surface area contributed by atoms with Crippen molar-refractivity contribution in [2.45, 2.75) is 37.5 Å². The summed E-state index contributed by atoms with van der Waals surface area (Å²) in [6, 6.07) is 7.84. The van der Waals surface area contributed by atoms with Crippen LogP contribution in [0.15, 0.2) is 24.3 Å². The van der Waals surface area contributed by atoms with Crippen molar-refractivity contribution in [3.05, 3.63) is 29.8 Å². The Bertz CT molecular complexity index is 388. The van der Waals surface area contributed by atoms with Crippen LogP contribution >= 0.6 is 0 Å². The van der Waals surface area contributed by atoms with Crippen LogP contribution in [0.2, 0.25) is 0 Å². The van der Waals surface area contributed by atoms with Crippen molar-refractivity contribution in [3.63, 3.8) is 0 Å². The van der Waals surface area contributed by atoms with Gasteiger partial charge in [0.2, 0.25) is 0 Å². The molecule has 0 atom stereocenters. The minimum Gasteiger partial charge on any atom is -0.497 e. The van der Waals surface area contributed by atoms with E-state index in [-0.39, 0.29) is 11.8 Å². The van der Waals surface area contributed by atoms with Crippen LogP contribution in [0.5, 0.6) is 5.75 Å². The van der Waals surface area contributed by atoms with Gasteiger partial charge in [-0.1, -0.05) is 25.0 Å². The van der Waals surface area contributed by atoms with Crippen LogP contribution in [-0.4, -0.2) is 18.2 Å². The topological polar surface area (TPSA) is 46.5 Å². The minimum atomic E-state index is -0.706. The third-order valence-corrected chi connectivity index (χ3v) is 3.75. The van der Waals surface area contributed by atoms with Crippen LogP contribution in [0.1, 0.15) is 37.7 Å². The first-order valence-corrected chi connectivity index (χ1v) is 6.03. The summed E-state index contributed by atoms with van der Waals surface area (Å²) in [6.07, 6.45) is 4.44. The van der Waals surface area contributed by atoms with Crippen LogP contribution in [0.3, 0.4) is 0 Å². The second-order valence-corrected chi connectivity index (χ2v) is 4.79. The van der Waals surface area contributed by atoms with Gasteiger partial charge in [0.15, 0.2) is 0 Å². The van der Waals surface area contributed by atoms with Crippen LogP contribution < -0.4 is 4.74 Å². The molecule has 1 aliphatic rings. The highest BCUT2D eigenvalue weighted by Gasteiger charge is 2.37. The van der Waals surface area contributed by atoms with Gasteiger partial charge >= 0.3 is 5.97 Å². The van der Waals surface area contributed by atoms with Crippen molar-refractivity contribution < 1.29 is 14.6 Å². The molecule has 92 valence electrons. The second kappa shape index (κ2) is 4.78. The fraction of sp³-hybridized carbons (Fsp3) is 0.500. The van der Waals surface area contributed by atoms with E-state index in [1.165, 1.54) is 0 Å². The molecule has 0 aliphatic heterocycles. The van der Waals surface area contributed by atoms with Gasteiger partial charge in [-0.25, -0.2) is 0 Å². The first kappa shape index (κ1) is 12.0. The number of hydrogen-bond acceptors (Lipinski definition) is 2. The van der Waals surface area contributed by atoms with E-state index in [0.717, 1.165) is 37.0 Å². The Hall–Kier alpha value is -1.51. The van der Waals surface area contributed by atoms with Crippen molar-refractivity contribution in [3.8, 4) is 5.75 Å². The van der Waals surface area contributed by atoms with E-state index < -0.39 is 5.97 Å². The van der Waals surface area contributed by atoms with Crippen LogP contribution in [-0.2, 0) is 10.2 Å². The number of carboxylic acid groups (broad SMARTS) is 1. The van der Waals surface area contributed by atoms with Crippen LogP contribution in [0.4, 0.5) is 0 Å². The van der Waals surface area contributed by atoms with Crippen molar-refractivity contribution in [2.24, 2.45) is 0 Å². The van der Waals surface area contributed by atoms with Crippen LogP contribution in [0.25, 0.3) is 0 Å². The normalized spacial score (nSPS) is 17.9. The molecule has 2 rings (SSSR count). The van der Waals surface area contributed by atoms with E-state index in [1.807, 2.05) is 24.3 Å². The lowest BCUT2D eigenvalue weighted by atomic mass is 9.76. The third-order valence-electron chi connectivity index (χ3n) is 3.75. The first-order chi connectivity index (χ1) is 8.16. The average molecular weight is 234 g/mol. The zero-order valence-corrected chi connectivity index (χ0v) is 10.1. The molecule has 3 heteroatoms. The summed E-state index contributed by atoms with van der Waals surface area (Å²) in [5, 5.41) is 9.08. The first-order valence-electron chi connectivity index (χ1n) is 6.03. The Kier molecular flexibility index (Phi) is 3.36. The molecule has 17 heavy (non-hydrogen) atoms. The molecule has 1 fully saturated rings. The summed E-state index contributed by atoms with van der Waals surface area (Å²) in [5.41, 5.74) is 0.983. The SMILES string of the molecule is COc1ccc(C2(CC(=O)O)CCCC2)cc1. The lowest BCUT2D eigenvalue weighted by Gasteiger charge is -2.27. The summed E-state index contributed by atoms with van der Waals surface area (Å²) in [6.45, 7) is 0. The maximum atomic E-state index is 11.0. The molecule has 1 saturated carbocycles. The van der Waals surface area contributed by atoms with E-state index in [2.05, 4.69) is 0 Å². The molecule has 3 nitrogen and oxygen atoms in total. The minimum absolute atomic E-state index is 0.155. The highest BCUT2D eigenvalue weighted by atomic mass is 16.5. The van der Waals surface area contributed by atoms with Gasteiger partial charge in [-0.2, -0.15) is 0 Å². The Morgan fingerprint density at radius 1 is 1.29 bits per heavy atom. The predicted molar refractivity (Wildman–Crippen MR) is 65.4 cm³/mol. The fourth-order valence-electron chi connectivity index (χ4n) is 2.85. The van der Waals surface area contributed by atoms with Crippen molar-refractivity contribution in [1.82, 2.24) is 0 Å². The zero-order valence-electron chi connectivity index (χ0n) is 10.1. The van der Waals surface area contributed by atoms with Gasteiger partial charge in [0.1, 0.15) is 5.75 Å². The Labute approximate surface area is 101 Å². The molecule has 1 aromatic rings. The van der Waals surface area contributed by atoms with Crippen molar-refractivity contribution in [1.29, 1.82) is 0 Å². The van der Waals surface area contributed by atoms with E-state index in [4.69, 9.17) is 9.84 Å². The van der Waals surface area contributed by atoms with Gasteiger partial charge in [0, 0.05) is 5.41 Å². The molecule has 1 aromatic carbocycles. The van der Waals surface area contributed by atoms with Gasteiger partial charge < -0.3 is 9.84 Å². The number of rotatable bonds is 4. The molecule has 0 saturated heterocycles. The van der Waals surface area contributed by atoms with Crippen molar-refractivity contribution >= 4 is 5.97 Å². The molecule has 1 N–H and O–H groups in total. The third kappa shape index (κ3) is 2.43. The smallest absolute Gasteiger partial charge is 0.304 e. The van der Waals surface area contributed by atoms with E-state index in [1.54, 1.807) is 7.11 Å². The summed E-state index contributed by atoms with van der Waals surface area (Å²) in [5.74, 6) is 0.111. The maximum Gasteiger partial charge on any atom is 0.304 e. The molecule has 0 unspecified atom stereocenters. The second-order valence-electron chi connectivity index (χ2n) is 4.79. The van der Waals surface area contributed by atoms with Crippen LogP contribution in [0, 0.1) is 0 Å². The van der Waals surface area contributed by atoms with E-state index in [0.29, 0.717) is 0 Å². The Balaban J connectivity index is 2.28. The number of ether oxygens (including phenoxy) is 1. The number of benzene rings is 1. The fourth-order valence-corrected chi connectivity index (χ4v) is 2.85. The molecular formula is C14H18O3. The molecule has 0 aromatic heterocycles.